The molecule has 6 nitrogen and oxygen atoms in total. The smallest absolute Gasteiger partial charge is 0.256 e. The van der Waals surface area contributed by atoms with Crippen LogP contribution in [0.25, 0.3) is 0 Å². The molecule has 2 heterocycles. The zero-order valence-corrected chi connectivity index (χ0v) is 15.7. The summed E-state index contributed by atoms with van der Waals surface area (Å²) in [5, 5.41) is -0.164. The third-order valence-electron chi connectivity index (χ3n) is 6.93. The van der Waals surface area contributed by atoms with E-state index in [0.717, 1.165) is 44.5 Å². The number of fused-ring (bicyclic) bond motifs is 2. The first kappa shape index (κ1) is 16.2. The second-order valence-corrected chi connectivity index (χ2v) is 10.8. The van der Waals surface area contributed by atoms with Gasteiger partial charge in [-0.05, 0) is 50.4 Å². The van der Waals surface area contributed by atoms with Gasteiger partial charge < -0.3 is 0 Å². The third kappa shape index (κ3) is 2.34. The monoisotopic (exact) mass is 365 g/mol. The summed E-state index contributed by atoms with van der Waals surface area (Å²) in [6.45, 7) is 3.97. The van der Waals surface area contributed by atoms with Gasteiger partial charge in [-0.2, -0.15) is 0 Å². The predicted molar refractivity (Wildman–Crippen MR) is 94.6 cm³/mol. The van der Waals surface area contributed by atoms with E-state index in [-0.39, 0.29) is 17.1 Å². The number of amidine groups is 1. The Labute approximate surface area is 149 Å². The normalized spacial score (nSPS) is 38.7. The average molecular weight is 365 g/mol. The molecule has 3 atom stereocenters. The number of hydrogen-bond donors (Lipinski definition) is 0. The maximum atomic E-state index is 13.4. The van der Waals surface area contributed by atoms with Gasteiger partial charge in [0.15, 0.2) is 0 Å². The van der Waals surface area contributed by atoms with Gasteiger partial charge in [-0.25, -0.2) is 12.7 Å². The number of carbonyl (C=O) groups is 1. The van der Waals surface area contributed by atoms with Gasteiger partial charge >= 0.3 is 0 Å². The molecular formula is C18H27N3O3S. The van der Waals surface area contributed by atoms with Crippen molar-refractivity contribution in [3.8, 4) is 0 Å². The Balaban J connectivity index is 1.42. The molecule has 3 aliphatic carbocycles. The standard InChI is InChI=1S/C18H27N3O3S/c1-2-16-19-18(17(22)21(16)9-12-3-4-12)8-7-13-10-20(11-15(13)18)25(23,24)14-5-6-14/h12-15H,2-11H2,1H3/t13-,15+,18-/m1/s1. The van der Waals surface area contributed by atoms with E-state index in [1.54, 1.807) is 4.31 Å². The summed E-state index contributed by atoms with van der Waals surface area (Å²) in [6, 6.07) is 0. The van der Waals surface area contributed by atoms with Gasteiger partial charge in [-0.15, -0.1) is 0 Å². The second kappa shape index (κ2) is 5.28. The maximum Gasteiger partial charge on any atom is 0.256 e. The SMILES string of the molecule is CCC1=N[C@@]2(CC[C@@H]3CN(S(=O)(=O)C4CC4)C[C@@H]32)C(=O)N1CC1CC1. The van der Waals surface area contributed by atoms with Gasteiger partial charge in [-0.3, -0.25) is 14.7 Å². The van der Waals surface area contributed by atoms with E-state index >= 15 is 0 Å². The summed E-state index contributed by atoms with van der Waals surface area (Å²) in [7, 11) is -3.15. The second-order valence-electron chi connectivity index (χ2n) is 8.63. The van der Waals surface area contributed by atoms with Crippen LogP contribution in [-0.4, -0.2) is 59.8 Å². The average Bonchev–Trinajstić information content (AvgIpc) is 3.49. The lowest BCUT2D eigenvalue weighted by molar-refractivity contribution is -0.132. The van der Waals surface area contributed by atoms with Crippen molar-refractivity contribution in [3.63, 3.8) is 0 Å². The van der Waals surface area contributed by atoms with E-state index in [9.17, 15) is 13.2 Å². The molecule has 0 bridgehead atoms. The highest BCUT2D eigenvalue weighted by Gasteiger charge is 2.62. The Morgan fingerprint density at radius 1 is 1.16 bits per heavy atom. The molecule has 0 aromatic heterocycles. The first-order valence-corrected chi connectivity index (χ1v) is 11.4. The van der Waals surface area contributed by atoms with Crippen molar-refractivity contribution in [1.82, 2.24) is 9.21 Å². The van der Waals surface area contributed by atoms with Crippen molar-refractivity contribution < 1.29 is 13.2 Å². The highest BCUT2D eigenvalue weighted by molar-refractivity contribution is 7.90. The summed E-state index contributed by atoms with van der Waals surface area (Å²) in [4.78, 5) is 20.3. The van der Waals surface area contributed by atoms with Crippen molar-refractivity contribution in [2.45, 2.75) is 62.7 Å². The Kier molecular flexibility index (Phi) is 3.43. The summed E-state index contributed by atoms with van der Waals surface area (Å²) in [6.07, 6.45) is 6.52. The molecule has 0 unspecified atom stereocenters. The van der Waals surface area contributed by atoms with Crippen LogP contribution < -0.4 is 0 Å². The van der Waals surface area contributed by atoms with Crippen molar-refractivity contribution in [1.29, 1.82) is 0 Å². The molecule has 4 fully saturated rings. The number of hydrogen-bond acceptors (Lipinski definition) is 4. The van der Waals surface area contributed by atoms with Gasteiger partial charge in [0.1, 0.15) is 11.4 Å². The topological polar surface area (TPSA) is 70.0 Å². The number of nitrogens with zero attached hydrogens (tertiary/aromatic N) is 3. The van der Waals surface area contributed by atoms with E-state index in [2.05, 4.69) is 6.92 Å². The first-order chi connectivity index (χ1) is 12.0. The van der Waals surface area contributed by atoms with E-state index in [1.807, 2.05) is 4.90 Å². The van der Waals surface area contributed by atoms with Gasteiger partial charge in [0.2, 0.25) is 10.0 Å². The molecule has 0 radical (unpaired) electrons. The van der Waals surface area contributed by atoms with Crippen molar-refractivity contribution in [3.05, 3.63) is 0 Å². The minimum atomic E-state index is -3.15. The van der Waals surface area contributed by atoms with Gasteiger partial charge in [0, 0.05) is 32.0 Å². The van der Waals surface area contributed by atoms with Crippen molar-refractivity contribution in [2.24, 2.45) is 22.7 Å². The number of rotatable bonds is 5. The van der Waals surface area contributed by atoms with Gasteiger partial charge in [0.05, 0.1) is 5.25 Å². The lowest BCUT2D eigenvalue weighted by Gasteiger charge is -2.28. The van der Waals surface area contributed by atoms with E-state index in [4.69, 9.17) is 4.99 Å². The molecule has 0 aromatic rings. The van der Waals surface area contributed by atoms with Crippen LogP contribution in [0.15, 0.2) is 4.99 Å². The molecule has 1 spiro atoms. The fourth-order valence-electron chi connectivity index (χ4n) is 5.15. The minimum Gasteiger partial charge on any atom is -0.298 e. The quantitative estimate of drug-likeness (QED) is 0.743. The highest BCUT2D eigenvalue weighted by atomic mass is 32.2. The van der Waals surface area contributed by atoms with Crippen molar-refractivity contribution in [2.75, 3.05) is 19.6 Å². The fourth-order valence-corrected chi connectivity index (χ4v) is 7.07. The Morgan fingerprint density at radius 2 is 1.92 bits per heavy atom. The Hall–Kier alpha value is -0.950. The lowest BCUT2D eigenvalue weighted by atomic mass is 9.85. The summed E-state index contributed by atoms with van der Waals surface area (Å²) >= 11 is 0. The fraction of sp³-hybridized carbons (Fsp3) is 0.889. The number of aliphatic imine (C=N–C) groups is 1. The van der Waals surface area contributed by atoms with Crippen LogP contribution in [0.1, 0.15) is 51.9 Å². The summed E-state index contributed by atoms with van der Waals surface area (Å²) in [5.74, 6) is 2.10. The van der Waals surface area contributed by atoms with Gasteiger partial charge in [-0.1, -0.05) is 6.92 Å². The van der Waals surface area contributed by atoms with Crippen molar-refractivity contribution >= 4 is 21.8 Å². The van der Waals surface area contributed by atoms with Crippen LogP contribution in [0.2, 0.25) is 0 Å². The van der Waals surface area contributed by atoms with E-state index < -0.39 is 15.6 Å². The molecule has 5 aliphatic rings. The molecule has 2 aliphatic heterocycles. The Morgan fingerprint density at radius 3 is 2.56 bits per heavy atom. The molecule has 5 rings (SSSR count). The zero-order chi connectivity index (χ0) is 17.4. The van der Waals surface area contributed by atoms with E-state index in [0.29, 0.717) is 24.9 Å². The number of carbonyl (C=O) groups excluding carboxylic acids is 1. The predicted octanol–water partition coefficient (Wildman–Crippen LogP) is 1.62. The highest BCUT2D eigenvalue weighted by Crippen LogP contribution is 2.52. The number of sulfonamides is 1. The first-order valence-electron chi connectivity index (χ1n) is 9.85. The van der Waals surface area contributed by atoms with Gasteiger partial charge in [0.25, 0.3) is 5.91 Å². The van der Waals surface area contributed by atoms with Crippen LogP contribution >= 0.6 is 0 Å². The van der Waals surface area contributed by atoms with E-state index in [1.165, 1.54) is 12.8 Å². The molecule has 3 saturated carbocycles. The lowest BCUT2D eigenvalue weighted by Crippen LogP contribution is -2.47. The van der Waals surface area contributed by atoms with Crippen LogP contribution in [0.3, 0.4) is 0 Å². The maximum absolute atomic E-state index is 13.4. The number of amides is 1. The molecule has 0 aromatic carbocycles. The third-order valence-corrected chi connectivity index (χ3v) is 9.26. The molecule has 138 valence electrons. The molecule has 7 heteroatoms. The largest absolute Gasteiger partial charge is 0.298 e. The molecule has 1 saturated heterocycles. The molecule has 1 amide bonds. The minimum absolute atomic E-state index is 0.0688. The summed E-state index contributed by atoms with van der Waals surface area (Å²) < 4.78 is 27.0. The molecule has 0 N–H and O–H groups in total. The van der Waals surface area contributed by atoms with Crippen LogP contribution in [-0.2, 0) is 14.8 Å². The summed E-state index contributed by atoms with van der Waals surface area (Å²) in [5.41, 5.74) is -0.668. The molecule has 25 heavy (non-hydrogen) atoms. The van der Waals surface area contributed by atoms with Crippen LogP contribution in [0.5, 0.6) is 0 Å². The zero-order valence-electron chi connectivity index (χ0n) is 14.9. The van der Waals surface area contributed by atoms with Crippen LogP contribution in [0, 0.1) is 17.8 Å². The Bertz CT molecular complexity index is 741. The van der Waals surface area contributed by atoms with Crippen LogP contribution in [0.4, 0.5) is 0 Å². The molecular weight excluding hydrogens is 338 g/mol.